The molecule has 10 heteroatoms. The summed E-state index contributed by atoms with van der Waals surface area (Å²) in [7, 11) is 0. The van der Waals surface area contributed by atoms with Crippen molar-refractivity contribution in [2.45, 2.75) is 42.7 Å². The van der Waals surface area contributed by atoms with Crippen LogP contribution in [-0.2, 0) is 19.6 Å². The fourth-order valence-corrected chi connectivity index (χ4v) is 4.37. The summed E-state index contributed by atoms with van der Waals surface area (Å²) in [5, 5.41) is 12.7. The number of furan rings is 1. The molecule has 0 aliphatic carbocycles. The first kappa shape index (κ1) is 17.5. The number of fused-ring (bicyclic) bond motifs is 1. The minimum absolute atomic E-state index is 0.0612. The number of amides is 1. The summed E-state index contributed by atoms with van der Waals surface area (Å²) in [6, 6.07) is 5.89. The van der Waals surface area contributed by atoms with Crippen molar-refractivity contribution in [2.24, 2.45) is 0 Å². The molecule has 5 rings (SSSR count). The highest BCUT2D eigenvalue weighted by atomic mass is 32.2. The summed E-state index contributed by atoms with van der Waals surface area (Å²) in [5.41, 5.74) is 1.65. The zero-order chi connectivity index (χ0) is 18.9. The van der Waals surface area contributed by atoms with Crippen LogP contribution < -0.4 is 0 Å². The lowest BCUT2D eigenvalue weighted by Crippen LogP contribution is -2.33. The maximum absolute atomic E-state index is 12.6. The van der Waals surface area contributed by atoms with Gasteiger partial charge in [0.05, 0.1) is 18.8 Å². The fraction of sp³-hybridized carbons (Fsp3) is 0.444. The van der Waals surface area contributed by atoms with Crippen LogP contribution in [0.4, 0.5) is 0 Å². The molecular weight excluding hydrogens is 378 g/mol. The van der Waals surface area contributed by atoms with E-state index in [4.69, 9.17) is 4.42 Å². The van der Waals surface area contributed by atoms with Crippen LogP contribution in [0.3, 0.4) is 0 Å². The molecule has 1 amide bonds. The van der Waals surface area contributed by atoms with Crippen molar-refractivity contribution in [3.63, 3.8) is 0 Å². The maximum atomic E-state index is 12.6. The van der Waals surface area contributed by atoms with Crippen LogP contribution in [0.2, 0.25) is 0 Å². The fourth-order valence-electron chi connectivity index (χ4n) is 3.70. The molecule has 28 heavy (non-hydrogen) atoms. The Balaban J connectivity index is 1.22. The number of hydrogen-bond donors (Lipinski definition) is 1. The molecule has 0 bridgehead atoms. The molecule has 146 valence electrons. The SMILES string of the molecule is O=C(c1cc2n(n1)CCN(Cc1ccc(Sc3ncn[nH]3)o1)C2)N1CCCC1. The molecule has 0 atom stereocenters. The van der Waals surface area contributed by atoms with E-state index in [1.54, 1.807) is 0 Å². The van der Waals surface area contributed by atoms with Crippen molar-refractivity contribution in [3.05, 3.63) is 41.7 Å². The Morgan fingerprint density at radius 2 is 2.11 bits per heavy atom. The lowest BCUT2D eigenvalue weighted by molar-refractivity contribution is 0.0786. The first-order valence-electron chi connectivity index (χ1n) is 9.45. The zero-order valence-electron chi connectivity index (χ0n) is 15.4. The molecule has 0 aromatic carbocycles. The molecule has 1 fully saturated rings. The van der Waals surface area contributed by atoms with E-state index in [-0.39, 0.29) is 5.91 Å². The number of hydrogen-bond acceptors (Lipinski definition) is 7. The van der Waals surface area contributed by atoms with Gasteiger partial charge in [-0.05, 0) is 42.8 Å². The quantitative estimate of drug-likeness (QED) is 0.701. The second-order valence-electron chi connectivity index (χ2n) is 7.07. The van der Waals surface area contributed by atoms with Gasteiger partial charge in [-0.25, -0.2) is 4.98 Å². The van der Waals surface area contributed by atoms with Gasteiger partial charge in [0.2, 0.25) is 0 Å². The van der Waals surface area contributed by atoms with E-state index in [0.717, 1.165) is 68.7 Å². The number of nitrogens with zero attached hydrogens (tertiary/aromatic N) is 6. The molecule has 5 heterocycles. The number of carbonyl (C=O) groups excluding carboxylic acids is 1. The Hall–Kier alpha value is -2.59. The molecule has 1 saturated heterocycles. The lowest BCUT2D eigenvalue weighted by Gasteiger charge is -2.26. The molecule has 0 unspecified atom stereocenters. The van der Waals surface area contributed by atoms with E-state index in [0.29, 0.717) is 10.9 Å². The number of aromatic amines is 1. The van der Waals surface area contributed by atoms with E-state index in [1.807, 2.05) is 27.8 Å². The second kappa shape index (κ2) is 7.44. The second-order valence-corrected chi connectivity index (χ2v) is 8.06. The summed E-state index contributed by atoms with van der Waals surface area (Å²) in [5.74, 6) is 0.967. The van der Waals surface area contributed by atoms with Crippen LogP contribution in [0.5, 0.6) is 0 Å². The first-order valence-corrected chi connectivity index (χ1v) is 10.3. The summed E-state index contributed by atoms with van der Waals surface area (Å²) >= 11 is 1.41. The van der Waals surface area contributed by atoms with Gasteiger partial charge in [-0.3, -0.25) is 19.5 Å². The van der Waals surface area contributed by atoms with Gasteiger partial charge in [-0.2, -0.15) is 10.2 Å². The Bertz CT molecular complexity index is 959. The van der Waals surface area contributed by atoms with Gasteiger partial charge in [-0.15, -0.1) is 0 Å². The van der Waals surface area contributed by atoms with Crippen molar-refractivity contribution in [1.82, 2.24) is 34.8 Å². The van der Waals surface area contributed by atoms with Crippen LogP contribution in [-0.4, -0.2) is 60.3 Å². The smallest absolute Gasteiger partial charge is 0.274 e. The molecule has 2 aliphatic heterocycles. The van der Waals surface area contributed by atoms with Crippen LogP contribution in [0.1, 0.15) is 34.8 Å². The highest BCUT2D eigenvalue weighted by Gasteiger charge is 2.25. The Kier molecular flexibility index (Phi) is 4.65. The average Bonchev–Trinajstić information content (AvgIpc) is 3.49. The zero-order valence-corrected chi connectivity index (χ0v) is 16.2. The van der Waals surface area contributed by atoms with E-state index in [9.17, 15) is 4.79 Å². The first-order chi connectivity index (χ1) is 13.7. The average molecular weight is 399 g/mol. The normalized spacial score (nSPS) is 17.2. The summed E-state index contributed by atoms with van der Waals surface area (Å²) < 4.78 is 7.87. The predicted molar refractivity (Wildman–Crippen MR) is 101 cm³/mol. The third-order valence-corrected chi connectivity index (χ3v) is 5.91. The van der Waals surface area contributed by atoms with Crippen LogP contribution >= 0.6 is 11.8 Å². The molecule has 2 aliphatic rings. The number of nitrogens with one attached hydrogen (secondary N) is 1. The Morgan fingerprint density at radius 3 is 2.93 bits per heavy atom. The largest absolute Gasteiger partial charge is 0.453 e. The molecule has 3 aromatic rings. The monoisotopic (exact) mass is 399 g/mol. The van der Waals surface area contributed by atoms with Crippen molar-refractivity contribution < 1.29 is 9.21 Å². The topological polar surface area (TPSA) is 96.1 Å². The summed E-state index contributed by atoms with van der Waals surface area (Å²) in [6.07, 6.45) is 3.66. The van der Waals surface area contributed by atoms with Crippen molar-refractivity contribution in [3.8, 4) is 0 Å². The summed E-state index contributed by atoms with van der Waals surface area (Å²) in [6.45, 7) is 4.82. The van der Waals surface area contributed by atoms with Gasteiger partial charge >= 0.3 is 0 Å². The van der Waals surface area contributed by atoms with E-state index < -0.39 is 0 Å². The Morgan fingerprint density at radius 1 is 1.21 bits per heavy atom. The Labute approximate surface area is 166 Å². The molecule has 1 N–H and O–H groups in total. The predicted octanol–water partition coefficient (Wildman–Crippen LogP) is 2.00. The van der Waals surface area contributed by atoms with Crippen LogP contribution in [0.25, 0.3) is 0 Å². The number of H-pyrrole nitrogens is 1. The van der Waals surface area contributed by atoms with Gasteiger partial charge in [0.15, 0.2) is 15.9 Å². The molecule has 0 spiro atoms. The minimum atomic E-state index is 0.0612. The van der Waals surface area contributed by atoms with Gasteiger partial charge < -0.3 is 9.32 Å². The third-order valence-electron chi connectivity index (χ3n) is 5.10. The van der Waals surface area contributed by atoms with Gasteiger partial charge in [0.25, 0.3) is 5.91 Å². The number of rotatable bonds is 5. The van der Waals surface area contributed by atoms with Gasteiger partial charge in [0.1, 0.15) is 12.1 Å². The molecule has 0 saturated carbocycles. The van der Waals surface area contributed by atoms with E-state index in [1.165, 1.54) is 18.1 Å². The van der Waals surface area contributed by atoms with E-state index in [2.05, 4.69) is 25.2 Å². The van der Waals surface area contributed by atoms with E-state index >= 15 is 0 Å². The number of likely N-dealkylation sites (tertiary alicyclic amines) is 1. The molecule has 3 aromatic heterocycles. The molecule has 0 radical (unpaired) electrons. The van der Waals surface area contributed by atoms with Gasteiger partial charge in [0, 0.05) is 26.2 Å². The highest BCUT2D eigenvalue weighted by Crippen LogP contribution is 2.27. The standard InChI is InChI=1S/C18H21N7O2S/c26-17(24-5-1-2-6-24)15-9-13-10-23(7-8-25(13)22-15)11-14-3-4-16(27-14)28-18-19-12-20-21-18/h3-4,9,12H,1-2,5-8,10-11H2,(H,19,20,21). The van der Waals surface area contributed by atoms with Gasteiger partial charge in [-0.1, -0.05) is 0 Å². The number of carbonyl (C=O) groups is 1. The highest BCUT2D eigenvalue weighted by molar-refractivity contribution is 7.99. The maximum Gasteiger partial charge on any atom is 0.274 e. The van der Waals surface area contributed by atoms with Crippen LogP contribution in [0, 0.1) is 0 Å². The van der Waals surface area contributed by atoms with Crippen molar-refractivity contribution in [1.29, 1.82) is 0 Å². The van der Waals surface area contributed by atoms with Crippen molar-refractivity contribution in [2.75, 3.05) is 19.6 Å². The van der Waals surface area contributed by atoms with Crippen LogP contribution in [0.15, 0.2) is 39.2 Å². The lowest BCUT2D eigenvalue weighted by atomic mass is 10.2. The third kappa shape index (κ3) is 3.57. The molecule has 9 nitrogen and oxygen atoms in total. The minimum Gasteiger partial charge on any atom is -0.453 e. The molecular formula is C18H21N7O2S. The number of aromatic nitrogens is 5. The summed E-state index contributed by atoms with van der Waals surface area (Å²) in [4.78, 5) is 20.9. The van der Waals surface area contributed by atoms with Crippen molar-refractivity contribution >= 4 is 17.7 Å².